The van der Waals surface area contributed by atoms with Gasteiger partial charge in [0.1, 0.15) is 0 Å². The van der Waals surface area contributed by atoms with Crippen molar-refractivity contribution >= 4 is 27.3 Å². The van der Waals surface area contributed by atoms with Gasteiger partial charge in [0.15, 0.2) is 0 Å². The second-order valence-electron chi connectivity index (χ2n) is 3.73. The van der Waals surface area contributed by atoms with Gasteiger partial charge in [-0.05, 0) is 53.2 Å². The largest absolute Gasteiger partial charge is 0.315 e. The van der Waals surface area contributed by atoms with E-state index in [1.807, 2.05) is 11.3 Å². The van der Waals surface area contributed by atoms with Crippen molar-refractivity contribution in [2.24, 2.45) is 0 Å². The predicted octanol–water partition coefficient (Wildman–Crippen LogP) is 4.00. The van der Waals surface area contributed by atoms with Crippen LogP contribution in [0.1, 0.15) is 38.0 Å². The molecule has 0 amide bonds. The van der Waals surface area contributed by atoms with Crippen LogP contribution in [-0.4, -0.2) is 12.6 Å². The highest BCUT2D eigenvalue weighted by molar-refractivity contribution is 9.10. The van der Waals surface area contributed by atoms with E-state index >= 15 is 0 Å². The number of nitrogens with one attached hydrogen (secondary N) is 1. The summed E-state index contributed by atoms with van der Waals surface area (Å²) in [5, 5.41) is 5.59. The Morgan fingerprint density at radius 3 is 2.71 bits per heavy atom. The molecule has 0 spiro atoms. The first kappa shape index (κ1) is 12.2. The molecule has 0 fully saturated rings. The quantitative estimate of drug-likeness (QED) is 0.857. The molecule has 14 heavy (non-hydrogen) atoms. The molecular formula is C11H18BrNS. The third kappa shape index (κ3) is 3.37. The van der Waals surface area contributed by atoms with E-state index in [0.29, 0.717) is 12.0 Å². The summed E-state index contributed by atoms with van der Waals surface area (Å²) in [6.07, 6.45) is 1.20. The van der Waals surface area contributed by atoms with E-state index in [0.717, 1.165) is 6.54 Å². The molecule has 1 heterocycles. The van der Waals surface area contributed by atoms with E-state index in [4.69, 9.17) is 0 Å². The molecule has 0 saturated heterocycles. The lowest BCUT2D eigenvalue weighted by atomic mass is 10.0. The number of hydrogen-bond acceptors (Lipinski definition) is 2. The molecule has 2 unspecified atom stereocenters. The zero-order valence-electron chi connectivity index (χ0n) is 9.01. The zero-order valence-corrected chi connectivity index (χ0v) is 11.4. The molecule has 0 aliphatic carbocycles. The normalized spacial score (nSPS) is 15.4. The Balaban J connectivity index is 2.50. The topological polar surface area (TPSA) is 12.0 Å². The van der Waals surface area contributed by atoms with Crippen LogP contribution in [0.4, 0.5) is 0 Å². The molecule has 0 aromatic carbocycles. The average Bonchev–Trinajstić information content (AvgIpc) is 2.51. The molecule has 1 N–H and O–H groups in total. The first-order chi connectivity index (χ1) is 6.65. The van der Waals surface area contributed by atoms with Gasteiger partial charge in [0.25, 0.3) is 0 Å². The highest BCUT2D eigenvalue weighted by Gasteiger charge is 2.13. The van der Waals surface area contributed by atoms with Crippen molar-refractivity contribution in [1.82, 2.24) is 5.32 Å². The summed E-state index contributed by atoms with van der Waals surface area (Å²) in [5.41, 5.74) is 0. The minimum absolute atomic E-state index is 0.601. The monoisotopic (exact) mass is 275 g/mol. The fraction of sp³-hybridized carbons (Fsp3) is 0.636. The minimum Gasteiger partial charge on any atom is -0.315 e. The van der Waals surface area contributed by atoms with Gasteiger partial charge in [-0.2, -0.15) is 0 Å². The van der Waals surface area contributed by atoms with Crippen molar-refractivity contribution in [3.63, 3.8) is 0 Å². The standard InChI is InChI=1S/C11H18BrNS/c1-4-13-9(3)7-8(2)11-10(12)5-6-14-11/h5-6,8-9,13H,4,7H2,1-3H3. The van der Waals surface area contributed by atoms with Crippen molar-refractivity contribution < 1.29 is 0 Å². The van der Waals surface area contributed by atoms with Crippen LogP contribution in [0.3, 0.4) is 0 Å². The third-order valence-electron chi connectivity index (χ3n) is 2.35. The number of hydrogen-bond donors (Lipinski definition) is 1. The van der Waals surface area contributed by atoms with E-state index in [1.165, 1.54) is 15.8 Å². The van der Waals surface area contributed by atoms with E-state index in [1.54, 1.807) is 0 Å². The lowest BCUT2D eigenvalue weighted by molar-refractivity contribution is 0.493. The maximum absolute atomic E-state index is 3.59. The van der Waals surface area contributed by atoms with Gasteiger partial charge in [-0.3, -0.25) is 0 Å². The Morgan fingerprint density at radius 2 is 2.21 bits per heavy atom. The van der Waals surface area contributed by atoms with E-state index in [2.05, 4.69) is 53.5 Å². The first-order valence-corrected chi connectivity index (χ1v) is 6.78. The molecule has 0 saturated carbocycles. The second kappa shape index (κ2) is 5.89. The van der Waals surface area contributed by atoms with Gasteiger partial charge in [0, 0.05) is 15.4 Å². The van der Waals surface area contributed by atoms with Crippen LogP contribution in [0.5, 0.6) is 0 Å². The van der Waals surface area contributed by atoms with Crippen LogP contribution in [0.2, 0.25) is 0 Å². The second-order valence-corrected chi connectivity index (χ2v) is 5.53. The summed E-state index contributed by atoms with van der Waals surface area (Å²) in [6, 6.07) is 2.73. The molecule has 0 bridgehead atoms. The minimum atomic E-state index is 0.601. The Bertz CT molecular complexity index is 272. The van der Waals surface area contributed by atoms with E-state index in [9.17, 15) is 0 Å². The summed E-state index contributed by atoms with van der Waals surface area (Å²) < 4.78 is 1.26. The molecule has 80 valence electrons. The molecule has 0 aliphatic heterocycles. The Kier molecular flexibility index (Phi) is 5.13. The SMILES string of the molecule is CCNC(C)CC(C)c1sccc1Br. The van der Waals surface area contributed by atoms with Gasteiger partial charge in [-0.15, -0.1) is 11.3 Å². The maximum Gasteiger partial charge on any atom is 0.0317 e. The fourth-order valence-electron chi connectivity index (χ4n) is 1.73. The molecular weight excluding hydrogens is 258 g/mol. The van der Waals surface area contributed by atoms with Crippen molar-refractivity contribution in [3.8, 4) is 0 Å². The molecule has 2 atom stereocenters. The summed E-state index contributed by atoms with van der Waals surface area (Å²) in [5.74, 6) is 0.637. The van der Waals surface area contributed by atoms with Gasteiger partial charge in [0.2, 0.25) is 0 Å². The molecule has 1 aromatic heterocycles. The number of thiophene rings is 1. The Morgan fingerprint density at radius 1 is 1.50 bits per heavy atom. The van der Waals surface area contributed by atoms with Gasteiger partial charge in [-0.1, -0.05) is 13.8 Å². The first-order valence-electron chi connectivity index (χ1n) is 5.11. The van der Waals surface area contributed by atoms with Crippen molar-refractivity contribution in [3.05, 3.63) is 20.8 Å². The third-order valence-corrected chi connectivity index (χ3v) is 4.45. The highest BCUT2D eigenvalue weighted by atomic mass is 79.9. The van der Waals surface area contributed by atoms with Crippen LogP contribution >= 0.6 is 27.3 Å². The van der Waals surface area contributed by atoms with Crippen LogP contribution in [0.25, 0.3) is 0 Å². The van der Waals surface area contributed by atoms with Crippen LogP contribution < -0.4 is 5.32 Å². The van der Waals surface area contributed by atoms with Crippen molar-refractivity contribution in [1.29, 1.82) is 0 Å². The van der Waals surface area contributed by atoms with Crippen LogP contribution in [0.15, 0.2) is 15.9 Å². The molecule has 1 nitrogen and oxygen atoms in total. The lowest BCUT2D eigenvalue weighted by Gasteiger charge is -2.17. The molecule has 3 heteroatoms. The van der Waals surface area contributed by atoms with Gasteiger partial charge < -0.3 is 5.32 Å². The Labute approximate surface area is 99.0 Å². The highest BCUT2D eigenvalue weighted by Crippen LogP contribution is 2.32. The van der Waals surface area contributed by atoms with Gasteiger partial charge >= 0.3 is 0 Å². The zero-order chi connectivity index (χ0) is 10.6. The molecule has 0 aliphatic rings. The molecule has 0 radical (unpaired) electrons. The molecule has 1 aromatic rings. The number of halogens is 1. The predicted molar refractivity (Wildman–Crippen MR) is 68.2 cm³/mol. The average molecular weight is 276 g/mol. The molecule has 1 rings (SSSR count). The maximum atomic E-state index is 3.59. The fourth-order valence-corrected chi connectivity index (χ4v) is 3.56. The van der Waals surface area contributed by atoms with Gasteiger partial charge in [-0.25, -0.2) is 0 Å². The lowest BCUT2D eigenvalue weighted by Crippen LogP contribution is -2.26. The van der Waals surface area contributed by atoms with Crippen LogP contribution in [-0.2, 0) is 0 Å². The Hall–Kier alpha value is 0.140. The summed E-state index contributed by atoms with van der Waals surface area (Å²) >= 11 is 5.43. The van der Waals surface area contributed by atoms with Crippen molar-refractivity contribution in [2.75, 3.05) is 6.54 Å². The van der Waals surface area contributed by atoms with E-state index in [-0.39, 0.29) is 0 Å². The smallest absolute Gasteiger partial charge is 0.0317 e. The van der Waals surface area contributed by atoms with Gasteiger partial charge in [0.05, 0.1) is 0 Å². The number of rotatable bonds is 5. The summed E-state index contributed by atoms with van der Waals surface area (Å²) in [4.78, 5) is 1.47. The van der Waals surface area contributed by atoms with Crippen LogP contribution in [0, 0.1) is 0 Å². The summed E-state index contributed by atoms with van der Waals surface area (Å²) in [7, 11) is 0. The summed E-state index contributed by atoms with van der Waals surface area (Å²) in [6.45, 7) is 7.76. The van der Waals surface area contributed by atoms with E-state index < -0.39 is 0 Å². The van der Waals surface area contributed by atoms with Crippen molar-refractivity contribution in [2.45, 2.75) is 39.2 Å².